The fourth-order valence-corrected chi connectivity index (χ4v) is 1.88. The molecule has 0 saturated carbocycles. The number of carbonyl (C=O) groups is 1. The number of pyridine rings is 1. The monoisotopic (exact) mass is 339 g/mol. The number of carbonyl (C=O) groups excluding carboxylic acids is 1. The van der Waals surface area contributed by atoms with Gasteiger partial charge in [-0.1, -0.05) is 0 Å². The van der Waals surface area contributed by atoms with Crippen LogP contribution in [0.3, 0.4) is 0 Å². The highest BCUT2D eigenvalue weighted by Gasteiger charge is 2.14. The molecule has 0 aliphatic heterocycles. The van der Waals surface area contributed by atoms with Crippen LogP contribution in [-0.2, 0) is 0 Å². The molecule has 0 unspecified atom stereocenters. The van der Waals surface area contributed by atoms with Crippen LogP contribution in [0, 0.1) is 5.82 Å². The van der Waals surface area contributed by atoms with Crippen molar-refractivity contribution in [1.29, 1.82) is 0 Å². The van der Waals surface area contributed by atoms with E-state index in [1.807, 2.05) is 0 Å². The number of nitrogens with one attached hydrogen (secondary N) is 1. The average Bonchev–Trinajstić information content (AvgIpc) is 2.43. The van der Waals surface area contributed by atoms with Gasteiger partial charge in [-0.2, -0.15) is 0 Å². The Hall–Kier alpha value is -2.15. The molecule has 0 fully saturated rings. The molecule has 0 spiro atoms. The maximum Gasteiger partial charge on any atom is 0.259 e. The number of rotatable bonds is 3. The fourth-order valence-electron chi connectivity index (χ4n) is 1.55. The molecule has 0 aliphatic rings. The van der Waals surface area contributed by atoms with Gasteiger partial charge >= 0.3 is 0 Å². The summed E-state index contributed by atoms with van der Waals surface area (Å²) in [6.45, 7) is 0. The van der Waals surface area contributed by atoms with Crippen molar-refractivity contribution in [2.24, 2.45) is 0 Å². The van der Waals surface area contributed by atoms with Gasteiger partial charge in [-0.05, 0) is 34.1 Å². The number of anilines is 2. The van der Waals surface area contributed by atoms with Crippen molar-refractivity contribution >= 4 is 33.3 Å². The normalized spacial score (nSPS) is 10.2. The molecule has 0 bridgehead atoms. The van der Waals surface area contributed by atoms with E-state index in [2.05, 4.69) is 26.2 Å². The predicted molar refractivity (Wildman–Crippen MR) is 77.3 cm³/mol. The van der Waals surface area contributed by atoms with Crippen LogP contribution in [0.25, 0.3) is 0 Å². The highest BCUT2D eigenvalue weighted by atomic mass is 79.9. The molecule has 1 amide bonds. The molecule has 20 heavy (non-hydrogen) atoms. The van der Waals surface area contributed by atoms with Crippen LogP contribution in [-0.4, -0.2) is 18.0 Å². The summed E-state index contributed by atoms with van der Waals surface area (Å²) >= 11 is 3.20. The summed E-state index contributed by atoms with van der Waals surface area (Å²) < 4.78 is 19.2. The van der Waals surface area contributed by atoms with Gasteiger partial charge in [0.25, 0.3) is 5.91 Å². The minimum atomic E-state index is -0.569. The van der Waals surface area contributed by atoms with Gasteiger partial charge in [0.05, 0.1) is 18.4 Å². The molecule has 0 atom stereocenters. The Bertz CT molecular complexity index is 664. The van der Waals surface area contributed by atoms with Crippen LogP contribution >= 0.6 is 15.9 Å². The average molecular weight is 340 g/mol. The third-order valence-corrected chi connectivity index (χ3v) is 2.99. The van der Waals surface area contributed by atoms with Crippen LogP contribution in [0.4, 0.5) is 15.9 Å². The molecule has 2 aromatic rings. The Balaban J connectivity index is 2.30. The number of ether oxygens (including phenoxy) is 1. The Labute approximate surface area is 123 Å². The highest BCUT2D eigenvalue weighted by molar-refractivity contribution is 9.10. The van der Waals surface area contributed by atoms with Crippen molar-refractivity contribution in [3.63, 3.8) is 0 Å². The number of nitrogens with two attached hydrogens (primary N) is 1. The number of nitrogen functional groups attached to an aromatic ring is 1. The van der Waals surface area contributed by atoms with Crippen LogP contribution in [0.15, 0.2) is 34.9 Å². The Morgan fingerprint density at radius 1 is 1.45 bits per heavy atom. The highest BCUT2D eigenvalue weighted by Crippen LogP contribution is 2.23. The van der Waals surface area contributed by atoms with E-state index in [0.717, 1.165) is 0 Å². The number of hydrogen-bond donors (Lipinski definition) is 2. The van der Waals surface area contributed by atoms with Gasteiger partial charge in [0, 0.05) is 16.7 Å². The van der Waals surface area contributed by atoms with E-state index in [1.54, 1.807) is 0 Å². The molecule has 7 heteroatoms. The van der Waals surface area contributed by atoms with E-state index in [1.165, 1.54) is 37.6 Å². The molecule has 1 aromatic carbocycles. The number of amides is 1. The summed E-state index contributed by atoms with van der Waals surface area (Å²) in [5.74, 6) is -0.625. The maximum atomic E-state index is 13.6. The first-order valence-electron chi connectivity index (χ1n) is 5.57. The van der Waals surface area contributed by atoms with Crippen LogP contribution in [0.2, 0.25) is 0 Å². The lowest BCUT2D eigenvalue weighted by Crippen LogP contribution is -2.15. The minimum Gasteiger partial charge on any atom is -0.497 e. The molecular weight excluding hydrogens is 329 g/mol. The maximum absolute atomic E-state index is 13.6. The Kier molecular flexibility index (Phi) is 4.19. The van der Waals surface area contributed by atoms with Gasteiger partial charge in [-0.25, -0.2) is 9.37 Å². The minimum absolute atomic E-state index is 0.00808. The van der Waals surface area contributed by atoms with Crippen molar-refractivity contribution in [2.75, 3.05) is 18.2 Å². The quantitative estimate of drug-likeness (QED) is 0.901. The van der Waals surface area contributed by atoms with Gasteiger partial charge in [0.1, 0.15) is 17.4 Å². The predicted octanol–water partition coefficient (Wildman–Crippen LogP) is 2.83. The van der Waals surface area contributed by atoms with E-state index in [9.17, 15) is 9.18 Å². The van der Waals surface area contributed by atoms with Gasteiger partial charge in [0.2, 0.25) is 0 Å². The van der Waals surface area contributed by atoms with Crippen molar-refractivity contribution in [2.45, 2.75) is 0 Å². The molecule has 5 nitrogen and oxygen atoms in total. The zero-order valence-corrected chi connectivity index (χ0v) is 12.1. The molecule has 0 saturated heterocycles. The molecule has 3 N–H and O–H groups in total. The lowest BCUT2D eigenvalue weighted by atomic mass is 10.2. The molecule has 104 valence electrons. The van der Waals surface area contributed by atoms with Gasteiger partial charge < -0.3 is 15.8 Å². The SMILES string of the molecule is COc1ccc(F)c(NC(=O)c2cc(Br)cnc2N)c1. The second-order valence-electron chi connectivity index (χ2n) is 3.89. The number of aromatic nitrogens is 1. The van der Waals surface area contributed by atoms with Crippen LogP contribution in [0.1, 0.15) is 10.4 Å². The zero-order valence-electron chi connectivity index (χ0n) is 10.5. The summed E-state index contributed by atoms with van der Waals surface area (Å²) in [5.41, 5.74) is 5.79. The number of halogens is 2. The van der Waals surface area contributed by atoms with Gasteiger partial charge in [-0.3, -0.25) is 4.79 Å². The zero-order chi connectivity index (χ0) is 14.7. The van der Waals surface area contributed by atoms with Crippen molar-refractivity contribution in [3.05, 3.63) is 46.3 Å². The van der Waals surface area contributed by atoms with Gasteiger partial charge in [0.15, 0.2) is 0 Å². The summed E-state index contributed by atoms with van der Waals surface area (Å²) in [4.78, 5) is 15.9. The Morgan fingerprint density at radius 2 is 2.20 bits per heavy atom. The number of hydrogen-bond acceptors (Lipinski definition) is 4. The Morgan fingerprint density at radius 3 is 2.90 bits per heavy atom. The second kappa shape index (κ2) is 5.87. The van der Waals surface area contributed by atoms with Crippen molar-refractivity contribution in [3.8, 4) is 5.75 Å². The van der Waals surface area contributed by atoms with E-state index >= 15 is 0 Å². The lowest BCUT2D eigenvalue weighted by Gasteiger charge is -2.09. The van der Waals surface area contributed by atoms with Crippen LogP contribution < -0.4 is 15.8 Å². The molecule has 0 radical (unpaired) electrons. The summed E-state index contributed by atoms with van der Waals surface area (Å²) in [5, 5.41) is 2.43. The molecule has 1 heterocycles. The first-order valence-corrected chi connectivity index (χ1v) is 6.36. The summed E-state index contributed by atoms with van der Waals surface area (Å²) in [6, 6.07) is 5.56. The van der Waals surface area contributed by atoms with Crippen molar-refractivity contribution < 1.29 is 13.9 Å². The standard InChI is InChI=1S/C13H11BrFN3O2/c1-20-8-2-3-10(15)11(5-8)18-13(19)9-4-7(14)6-17-12(9)16/h2-6H,1H3,(H2,16,17)(H,18,19). The molecular formula is C13H11BrFN3O2. The summed E-state index contributed by atoms with van der Waals surface area (Å²) in [7, 11) is 1.45. The second-order valence-corrected chi connectivity index (χ2v) is 4.80. The van der Waals surface area contributed by atoms with Crippen LogP contribution in [0.5, 0.6) is 5.75 Å². The fraction of sp³-hybridized carbons (Fsp3) is 0.0769. The lowest BCUT2D eigenvalue weighted by molar-refractivity contribution is 0.102. The van der Waals surface area contributed by atoms with E-state index in [0.29, 0.717) is 10.2 Å². The topological polar surface area (TPSA) is 77.2 Å². The van der Waals surface area contributed by atoms with E-state index < -0.39 is 11.7 Å². The molecule has 1 aromatic heterocycles. The van der Waals surface area contributed by atoms with E-state index in [-0.39, 0.29) is 17.1 Å². The first kappa shape index (κ1) is 14.3. The van der Waals surface area contributed by atoms with E-state index in [4.69, 9.17) is 10.5 Å². The largest absolute Gasteiger partial charge is 0.497 e. The number of benzene rings is 1. The molecule has 0 aliphatic carbocycles. The number of methoxy groups -OCH3 is 1. The summed E-state index contributed by atoms with van der Waals surface area (Å²) in [6.07, 6.45) is 1.47. The first-order chi connectivity index (χ1) is 9.51. The third kappa shape index (κ3) is 3.05. The number of nitrogens with zero attached hydrogens (tertiary/aromatic N) is 1. The third-order valence-electron chi connectivity index (χ3n) is 2.55. The van der Waals surface area contributed by atoms with Gasteiger partial charge in [-0.15, -0.1) is 0 Å². The van der Waals surface area contributed by atoms with Crippen molar-refractivity contribution in [1.82, 2.24) is 4.98 Å². The smallest absolute Gasteiger partial charge is 0.259 e. The molecule has 2 rings (SSSR count).